The first-order valence-electron chi connectivity index (χ1n) is 7.36. The van der Waals surface area contributed by atoms with E-state index in [1.54, 1.807) is 0 Å². The van der Waals surface area contributed by atoms with Gasteiger partial charge in [0, 0.05) is 31.5 Å². The van der Waals surface area contributed by atoms with E-state index < -0.39 is 0 Å². The fraction of sp³-hybridized carbons (Fsp3) is 0.857. The minimum Gasteiger partial charge on any atom is -0.356 e. The zero-order chi connectivity index (χ0) is 14.3. The lowest BCUT2D eigenvalue weighted by molar-refractivity contribution is -0.128. The molecule has 0 radical (unpaired) electrons. The fourth-order valence-corrected chi connectivity index (χ4v) is 2.55. The maximum Gasteiger partial charge on any atom is 0.223 e. The number of nitrogens with one attached hydrogen (secondary N) is 2. The third kappa shape index (κ3) is 5.19. The molecule has 1 saturated carbocycles. The Morgan fingerprint density at radius 1 is 1.21 bits per heavy atom. The summed E-state index contributed by atoms with van der Waals surface area (Å²) in [6.45, 7) is 5.16. The molecule has 1 fully saturated rings. The van der Waals surface area contributed by atoms with Gasteiger partial charge in [-0.2, -0.15) is 0 Å². The number of hydrogen-bond acceptors (Lipinski definition) is 3. The number of hydrogen-bond donors (Lipinski definition) is 3. The van der Waals surface area contributed by atoms with Crippen LogP contribution in [0.3, 0.4) is 0 Å². The molecule has 0 aliphatic heterocycles. The summed E-state index contributed by atoms with van der Waals surface area (Å²) < 4.78 is 0. The molecule has 5 nitrogen and oxygen atoms in total. The van der Waals surface area contributed by atoms with E-state index in [2.05, 4.69) is 10.6 Å². The normalized spacial score (nSPS) is 26.8. The molecule has 1 aliphatic carbocycles. The first-order chi connectivity index (χ1) is 9.06. The van der Waals surface area contributed by atoms with Gasteiger partial charge in [-0.3, -0.25) is 9.59 Å². The molecule has 3 atom stereocenters. The van der Waals surface area contributed by atoms with Crippen LogP contribution < -0.4 is 16.4 Å². The third-order valence-corrected chi connectivity index (χ3v) is 3.92. The Bertz CT molecular complexity index is 307. The van der Waals surface area contributed by atoms with Gasteiger partial charge in [-0.25, -0.2) is 0 Å². The van der Waals surface area contributed by atoms with Gasteiger partial charge in [-0.15, -0.1) is 0 Å². The number of rotatable bonds is 6. The SMILES string of the molecule is CCCNC(=O)CCNC(=O)C1CCCC(N)C1C. The molecule has 3 unspecified atom stereocenters. The Kier molecular flexibility index (Phi) is 6.84. The number of amides is 2. The summed E-state index contributed by atoms with van der Waals surface area (Å²) in [6, 6.07) is 0.123. The van der Waals surface area contributed by atoms with Crippen molar-refractivity contribution < 1.29 is 9.59 Å². The molecule has 1 aliphatic rings. The molecule has 0 aromatic carbocycles. The largest absolute Gasteiger partial charge is 0.356 e. The number of nitrogens with two attached hydrogens (primary N) is 1. The van der Waals surface area contributed by atoms with Crippen LogP contribution in [0.4, 0.5) is 0 Å². The van der Waals surface area contributed by atoms with Crippen LogP contribution in [0.5, 0.6) is 0 Å². The Balaban J connectivity index is 2.25. The first kappa shape index (κ1) is 16.0. The second kappa shape index (κ2) is 8.15. The topological polar surface area (TPSA) is 84.2 Å². The van der Waals surface area contributed by atoms with E-state index in [-0.39, 0.29) is 29.7 Å². The lowest BCUT2D eigenvalue weighted by Gasteiger charge is -2.32. The van der Waals surface area contributed by atoms with Crippen molar-refractivity contribution >= 4 is 11.8 Å². The summed E-state index contributed by atoms with van der Waals surface area (Å²) in [5, 5.41) is 5.65. The van der Waals surface area contributed by atoms with E-state index in [0.717, 1.165) is 25.7 Å². The first-order valence-corrected chi connectivity index (χ1v) is 7.36. The van der Waals surface area contributed by atoms with Crippen LogP contribution in [0.1, 0.15) is 46.0 Å². The van der Waals surface area contributed by atoms with Gasteiger partial charge in [0.1, 0.15) is 0 Å². The van der Waals surface area contributed by atoms with Crippen molar-refractivity contribution in [3.05, 3.63) is 0 Å². The van der Waals surface area contributed by atoms with Crippen LogP contribution in [0.2, 0.25) is 0 Å². The van der Waals surface area contributed by atoms with Crippen molar-refractivity contribution in [2.75, 3.05) is 13.1 Å². The Morgan fingerprint density at radius 3 is 2.63 bits per heavy atom. The number of carbonyl (C=O) groups excluding carboxylic acids is 2. The van der Waals surface area contributed by atoms with E-state index in [4.69, 9.17) is 5.73 Å². The molecule has 4 N–H and O–H groups in total. The van der Waals surface area contributed by atoms with E-state index in [0.29, 0.717) is 19.5 Å². The van der Waals surface area contributed by atoms with Crippen LogP contribution >= 0.6 is 0 Å². The molecule has 0 saturated heterocycles. The van der Waals surface area contributed by atoms with E-state index in [9.17, 15) is 9.59 Å². The van der Waals surface area contributed by atoms with E-state index >= 15 is 0 Å². The Labute approximate surface area is 115 Å². The molecule has 19 heavy (non-hydrogen) atoms. The molecular weight excluding hydrogens is 242 g/mol. The Morgan fingerprint density at radius 2 is 1.95 bits per heavy atom. The van der Waals surface area contributed by atoms with Crippen LogP contribution in [-0.2, 0) is 9.59 Å². The lowest BCUT2D eigenvalue weighted by atomic mass is 9.77. The molecule has 0 aromatic rings. The summed E-state index contributed by atoms with van der Waals surface area (Å²) in [5.41, 5.74) is 5.99. The minimum atomic E-state index is -0.00413. The van der Waals surface area contributed by atoms with Crippen LogP contribution in [-0.4, -0.2) is 30.9 Å². The number of carbonyl (C=O) groups is 2. The molecule has 0 aromatic heterocycles. The van der Waals surface area contributed by atoms with Crippen molar-refractivity contribution in [1.29, 1.82) is 0 Å². The van der Waals surface area contributed by atoms with Crippen molar-refractivity contribution in [3.8, 4) is 0 Å². The third-order valence-electron chi connectivity index (χ3n) is 3.92. The molecule has 0 spiro atoms. The predicted octanol–water partition coefficient (Wildman–Crippen LogP) is 0.782. The molecular formula is C14H27N3O2. The monoisotopic (exact) mass is 269 g/mol. The summed E-state index contributed by atoms with van der Waals surface area (Å²) in [5.74, 6) is 0.270. The van der Waals surface area contributed by atoms with Crippen molar-refractivity contribution in [1.82, 2.24) is 10.6 Å². The molecule has 110 valence electrons. The maximum absolute atomic E-state index is 12.1. The van der Waals surface area contributed by atoms with Gasteiger partial charge >= 0.3 is 0 Å². The van der Waals surface area contributed by atoms with Crippen LogP contribution in [0.15, 0.2) is 0 Å². The predicted molar refractivity (Wildman–Crippen MR) is 75.4 cm³/mol. The van der Waals surface area contributed by atoms with Gasteiger partial charge in [0.2, 0.25) is 11.8 Å². The van der Waals surface area contributed by atoms with Gasteiger partial charge in [0.15, 0.2) is 0 Å². The average Bonchev–Trinajstić information content (AvgIpc) is 2.39. The highest BCUT2D eigenvalue weighted by Gasteiger charge is 2.32. The summed E-state index contributed by atoms with van der Waals surface area (Å²) >= 11 is 0. The highest BCUT2D eigenvalue weighted by Crippen LogP contribution is 2.28. The summed E-state index contributed by atoms with van der Waals surface area (Å²) in [7, 11) is 0. The van der Waals surface area contributed by atoms with Crippen molar-refractivity contribution in [3.63, 3.8) is 0 Å². The molecule has 0 bridgehead atoms. The zero-order valence-electron chi connectivity index (χ0n) is 12.1. The van der Waals surface area contributed by atoms with E-state index in [1.165, 1.54) is 0 Å². The van der Waals surface area contributed by atoms with Gasteiger partial charge in [0.05, 0.1) is 0 Å². The highest BCUT2D eigenvalue weighted by molar-refractivity contribution is 5.80. The molecule has 1 rings (SSSR count). The summed E-state index contributed by atoms with van der Waals surface area (Å²) in [6.07, 6.45) is 4.20. The smallest absolute Gasteiger partial charge is 0.223 e. The van der Waals surface area contributed by atoms with Gasteiger partial charge in [-0.05, 0) is 25.2 Å². The molecule has 0 heterocycles. The van der Waals surface area contributed by atoms with Gasteiger partial charge in [-0.1, -0.05) is 20.3 Å². The minimum absolute atomic E-state index is 0.00227. The fourth-order valence-electron chi connectivity index (χ4n) is 2.55. The van der Waals surface area contributed by atoms with Crippen LogP contribution in [0.25, 0.3) is 0 Å². The quantitative estimate of drug-likeness (QED) is 0.666. The standard InChI is InChI=1S/C14H27N3O2/c1-3-8-16-13(18)7-9-17-14(19)11-5-4-6-12(15)10(11)2/h10-12H,3-9,15H2,1-2H3,(H,16,18)(H,17,19). The maximum atomic E-state index is 12.1. The Hall–Kier alpha value is -1.10. The van der Waals surface area contributed by atoms with Crippen molar-refractivity contribution in [2.24, 2.45) is 17.6 Å². The summed E-state index contributed by atoms with van der Waals surface area (Å²) in [4.78, 5) is 23.4. The molecule has 2 amide bonds. The van der Waals surface area contributed by atoms with E-state index in [1.807, 2.05) is 13.8 Å². The lowest BCUT2D eigenvalue weighted by Crippen LogP contribution is -2.44. The zero-order valence-corrected chi connectivity index (χ0v) is 12.1. The van der Waals surface area contributed by atoms with Gasteiger partial charge < -0.3 is 16.4 Å². The van der Waals surface area contributed by atoms with Crippen LogP contribution in [0, 0.1) is 11.8 Å². The average molecular weight is 269 g/mol. The second-order valence-electron chi connectivity index (χ2n) is 5.45. The molecule has 5 heteroatoms. The van der Waals surface area contributed by atoms with Gasteiger partial charge in [0.25, 0.3) is 0 Å². The highest BCUT2D eigenvalue weighted by atomic mass is 16.2. The van der Waals surface area contributed by atoms with Crippen molar-refractivity contribution in [2.45, 2.75) is 52.0 Å². The second-order valence-corrected chi connectivity index (χ2v) is 5.45.